The van der Waals surface area contributed by atoms with E-state index in [0.29, 0.717) is 11.3 Å². The lowest BCUT2D eigenvalue weighted by atomic mass is 10.1. The number of hydrogen-bond donors (Lipinski definition) is 1. The van der Waals surface area contributed by atoms with Crippen LogP contribution in [0.1, 0.15) is 30.6 Å². The van der Waals surface area contributed by atoms with E-state index in [9.17, 15) is 4.79 Å². The Kier molecular flexibility index (Phi) is 6.97. The van der Waals surface area contributed by atoms with Gasteiger partial charge in [0.05, 0.1) is 11.7 Å². The zero-order chi connectivity index (χ0) is 14.7. The second-order valence-corrected chi connectivity index (χ2v) is 6.29. The first-order valence-electron chi connectivity index (χ1n) is 6.93. The molecule has 1 N–H and O–H groups in total. The fraction of sp³-hybridized carbons (Fsp3) is 0.533. The molecule has 1 atom stereocenters. The Morgan fingerprint density at radius 2 is 2.19 bits per heavy atom. The second kappa shape index (κ2) is 8.01. The molecule has 1 heterocycles. The Morgan fingerprint density at radius 3 is 2.76 bits per heavy atom. The minimum atomic E-state index is 0. The standard InChI is InChI=1S/C15H21BrN2O2.ClH/c1-10(2)20-14-8-11(16)4-5-13(14)15(19)18(3)12-6-7-17-9-12;/h4-5,8,10,12,17H,6-7,9H2,1-3H3;1H. The summed E-state index contributed by atoms with van der Waals surface area (Å²) in [6.07, 6.45) is 1.04. The lowest BCUT2D eigenvalue weighted by molar-refractivity contribution is 0.0737. The van der Waals surface area contributed by atoms with Crippen molar-refractivity contribution >= 4 is 34.2 Å². The molecule has 0 spiro atoms. The maximum Gasteiger partial charge on any atom is 0.257 e. The maximum atomic E-state index is 12.6. The van der Waals surface area contributed by atoms with Crippen molar-refractivity contribution in [3.05, 3.63) is 28.2 Å². The molecule has 118 valence electrons. The smallest absolute Gasteiger partial charge is 0.257 e. The lowest BCUT2D eigenvalue weighted by Gasteiger charge is -2.25. The van der Waals surface area contributed by atoms with Crippen LogP contribution < -0.4 is 10.1 Å². The molecule has 0 aromatic heterocycles. The van der Waals surface area contributed by atoms with Gasteiger partial charge in [0.25, 0.3) is 5.91 Å². The van der Waals surface area contributed by atoms with Gasteiger partial charge >= 0.3 is 0 Å². The van der Waals surface area contributed by atoms with Gasteiger partial charge in [0.2, 0.25) is 0 Å². The van der Waals surface area contributed by atoms with Crippen LogP contribution in [-0.4, -0.2) is 43.1 Å². The number of halogens is 2. The molecule has 1 aromatic rings. The first-order valence-corrected chi connectivity index (χ1v) is 7.72. The minimum absolute atomic E-state index is 0. The third-order valence-corrected chi connectivity index (χ3v) is 3.93. The van der Waals surface area contributed by atoms with Crippen LogP contribution in [0.25, 0.3) is 0 Å². The summed E-state index contributed by atoms with van der Waals surface area (Å²) in [5, 5.41) is 3.28. The number of ether oxygens (including phenoxy) is 1. The zero-order valence-corrected chi connectivity index (χ0v) is 15.0. The summed E-state index contributed by atoms with van der Waals surface area (Å²) in [7, 11) is 1.86. The number of benzene rings is 1. The Hall–Kier alpha value is -0.780. The average Bonchev–Trinajstić information content (AvgIpc) is 2.90. The van der Waals surface area contributed by atoms with E-state index in [4.69, 9.17) is 4.74 Å². The van der Waals surface area contributed by atoms with Crippen LogP contribution >= 0.6 is 28.3 Å². The monoisotopic (exact) mass is 376 g/mol. The van der Waals surface area contributed by atoms with Crippen LogP contribution in [0.15, 0.2) is 22.7 Å². The fourth-order valence-electron chi connectivity index (χ4n) is 2.35. The highest BCUT2D eigenvalue weighted by Crippen LogP contribution is 2.26. The van der Waals surface area contributed by atoms with Gasteiger partial charge in [-0.25, -0.2) is 0 Å². The molecule has 1 aromatic carbocycles. The van der Waals surface area contributed by atoms with Crippen LogP contribution in [0.5, 0.6) is 5.75 Å². The van der Waals surface area contributed by atoms with E-state index in [-0.39, 0.29) is 30.5 Å². The van der Waals surface area contributed by atoms with Crippen molar-refractivity contribution in [3.8, 4) is 5.75 Å². The molecule has 1 aliphatic heterocycles. The van der Waals surface area contributed by atoms with Gasteiger partial charge in [-0.1, -0.05) is 15.9 Å². The Balaban J connectivity index is 0.00000220. The number of carbonyl (C=O) groups excluding carboxylic acids is 1. The molecule has 0 bridgehead atoms. The first-order chi connectivity index (χ1) is 9.49. The Morgan fingerprint density at radius 1 is 1.48 bits per heavy atom. The predicted molar refractivity (Wildman–Crippen MR) is 90.5 cm³/mol. The van der Waals surface area contributed by atoms with Gasteiger partial charge in [0.15, 0.2) is 0 Å². The number of rotatable bonds is 4. The summed E-state index contributed by atoms with van der Waals surface area (Å²) >= 11 is 3.42. The number of nitrogens with zero attached hydrogens (tertiary/aromatic N) is 1. The number of likely N-dealkylation sites (N-methyl/N-ethyl adjacent to an activating group) is 1. The van der Waals surface area contributed by atoms with Gasteiger partial charge < -0.3 is 15.0 Å². The van der Waals surface area contributed by atoms with Crippen molar-refractivity contribution in [2.24, 2.45) is 0 Å². The highest BCUT2D eigenvalue weighted by molar-refractivity contribution is 9.10. The van der Waals surface area contributed by atoms with Crippen molar-refractivity contribution in [1.82, 2.24) is 10.2 Å². The molecule has 0 saturated carbocycles. The highest BCUT2D eigenvalue weighted by Gasteiger charge is 2.26. The van der Waals surface area contributed by atoms with Gasteiger partial charge in [0.1, 0.15) is 5.75 Å². The molecule has 1 saturated heterocycles. The lowest BCUT2D eigenvalue weighted by Crippen LogP contribution is -2.38. The van der Waals surface area contributed by atoms with Crippen molar-refractivity contribution < 1.29 is 9.53 Å². The van der Waals surface area contributed by atoms with Gasteiger partial charge in [-0.15, -0.1) is 12.4 Å². The first kappa shape index (κ1) is 18.3. The molecule has 1 unspecified atom stereocenters. The van der Waals surface area contributed by atoms with E-state index in [0.717, 1.165) is 24.0 Å². The van der Waals surface area contributed by atoms with Gasteiger partial charge in [-0.3, -0.25) is 4.79 Å². The molecular formula is C15H22BrClN2O2. The quantitative estimate of drug-likeness (QED) is 0.876. The van der Waals surface area contributed by atoms with Gasteiger partial charge in [0, 0.05) is 24.1 Å². The fourth-order valence-corrected chi connectivity index (χ4v) is 2.69. The third-order valence-electron chi connectivity index (χ3n) is 3.44. The zero-order valence-electron chi connectivity index (χ0n) is 12.6. The summed E-state index contributed by atoms with van der Waals surface area (Å²) in [6.45, 7) is 5.75. The summed E-state index contributed by atoms with van der Waals surface area (Å²) < 4.78 is 6.68. The average molecular weight is 378 g/mol. The molecule has 2 rings (SSSR count). The molecule has 21 heavy (non-hydrogen) atoms. The predicted octanol–water partition coefficient (Wildman–Crippen LogP) is 3.09. The SMILES string of the molecule is CC(C)Oc1cc(Br)ccc1C(=O)N(C)C1CCNC1.Cl. The van der Waals surface area contributed by atoms with Crippen LogP contribution in [0.4, 0.5) is 0 Å². The summed E-state index contributed by atoms with van der Waals surface area (Å²) in [4.78, 5) is 14.5. The molecular weight excluding hydrogens is 356 g/mol. The van der Waals surface area contributed by atoms with E-state index in [1.165, 1.54) is 0 Å². The van der Waals surface area contributed by atoms with Crippen molar-refractivity contribution in [2.75, 3.05) is 20.1 Å². The molecule has 0 radical (unpaired) electrons. The van der Waals surface area contributed by atoms with Crippen molar-refractivity contribution in [1.29, 1.82) is 0 Å². The molecule has 6 heteroatoms. The van der Waals surface area contributed by atoms with Crippen molar-refractivity contribution in [2.45, 2.75) is 32.4 Å². The largest absolute Gasteiger partial charge is 0.490 e. The Labute approximate surface area is 140 Å². The van der Waals surface area contributed by atoms with Crippen LogP contribution in [-0.2, 0) is 0 Å². The molecule has 1 fully saturated rings. The number of nitrogens with one attached hydrogen (secondary N) is 1. The number of amides is 1. The van der Waals surface area contributed by atoms with Crippen LogP contribution in [0.3, 0.4) is 0 Å². The summed E-state index contributed by atoms with van der Waals surface area (Å²) in [5.41, 5.74) is 0.622. The van der Waals surface area contributed by atoms with Gasteiger partial charge in [-0.05, 0) is 45.0 Å². The topological polar surface area (TPSA) is 41.6 Å². The highest BCUT2D eigenvalue weighted by atomic mass is 79.9. The molecule has 1 aliphatic rings. The summed E-state index contributed by atoms with van der Waals surface area (Å²) in [6, 6.07) is 5.82. The molecule has 1 amide bonds. The summed E-state index contributed by atoms with van der Waals surface area (Å²) in [5.74, 6) is 0.652. The number of carbonyl (C=O) groups is 1. The van der Waals surface area contributed by atoms with Crippen LogP contribution in [0, 0.1) is 0 Å². The van der Waals surface area contributed by atoms with E-state index in [1.54, 1.807) is 0 Å². The molecule has 0 aliphatic carbocycles. The van der Waals surface area contributed by atoms with E-state index in [2.05, 4.69) is 21.2 Å². The van der Waals surface area contributed by atoms with E-state index < -0.39 is 0 Å². The Bertz CT molecular complexity index is 491. The van der Waals surface area contributed by atoms with Gasteiger partial charge in [-0.2, -0.15) is 0 Å². The maximum absolute atomic E-state index is 12.6. The normalized spacial score (nSPS) is 17.5. The number of hydrogen-bond acceptors (Lipinski definition) is 3. The van der Waals surface area contributed by atoms with Crippen LogP contribution in [0.2, 0.25) is 0 Å². The molecule has 4 nitrogen and oxygen atoms in total. The third kappa shape index (κ3) is 4.59. The van der Waals surface area contributed by atoms with Crippen molar-refractivity contribution in [3.63, 3.8) is 0 Å². The van der Waals surface area contributed by atoms with E-state index >= 15 is 0 Å². The second-order valence-electron chi connectivity index (χ2n) is 5.37. The minimum Gasteiger partial charge on any atom is -0.490 e. The van der Waals surface area contributed by atoms with E-state index in [1.807, 2.05) is 44.0 Å².